The second-order valence-corrected chi connectivity index (χ2v) is 9.18. The number of halogens is 7. The zero-order valence-corrected chi connectivity index (χ0v) is 22.6. The maximum Gasteiger partial charge on any atom is 0.416 e. The van der Waals surface area contributed by atoms with Crippen molar-refractivity contribution in [2.24, 2.45) is 0 Å². The van der Waals surface area contributed by atoms with Crippen LogP contribution in [0.1, 0.15) is 15.9 Å². The van der Waals surface area contributed by atoms with Crippen LogP contribution in [0.4, 0.5) is 18.9 Å². The lowest BCUT2D eigenvalue weighted by Gasteiger charge is -2.12. The lowest BCUT2D eigenvalue weighted by molar-refractivity contribution is -0.385. The van der Waals surface area contributed by atoms with Gasteiger partial charge >= 0.3 is 18.1 Å². The summed E-state index contributed by atoms with van der Waals surface area (Å²) in [5.74, 6) is -2.38. The third kappa shape index (κ3) is 8.28. The molecule has 0 aliphatic heterocycles. The maximum atomic E-state index is 12.8. The van der Waals surface area contributed by atoms with E-state index in [-0.39, 0.29) is 37.3 Å². The Morgan fingerprint density at radius 3 is 2.12 bits per heavy atom. The number of nitrogens with zero attached hydrogens (tertiary/aromatic N) is 1. The summed E-state index contributed by atoms with van der Waals surface area (Å²) in [5.41, 5.74) is -2.19. The van der Waals surface area contributed by atoms with Crippen molar-refractivity contribution in [1.82, 2.24) is 0 Å². The van der Waals surface area contributed by atoms with Gasteiger partial charge in [-0.3, -0.25) is 10.1 Å². The first-order chi connectivity index (χ1) is 18.8. The van der Waals surface area contributed by atoms with Gasteiger partial charge in [-0.15, -0.1) is 0 Å². The molecule has 3 rings (SSSR count). The molecule has 0 fully saturated rings. The molecule has 212 valence electrons. The highest BCUT2D eigenvalue weighted by Gasteiger charge is 2.31. The molecular weight excluding hydrogens is 629 g/mol. The van der Waals surface area contributed by atoms with Crippen LogP contribution < -0.4 is 9.47 Å². The van der Waals surface area contributed by atoms with Crippen molar-refractivity contribution in [2.75, 3.05) is 19.8 Å². The monoisotopic (exact) mass is 641 g/mol. The van der Waals surface area contributed by atoms with Crippen LogP contribution in [0.25, 0.3) is 0 Å². The number of nitro benzene ring substituents is 1. The highest BCUT2D eigenvalue weighted by atomic mass is 35.5. The zero-order chi connectivity index (χ0) is 29.6. The Morgan fingerprint density at radius 2 is 1.52 bits per heavy atom. The highest BCUT2D eigenvalue weighted by Crippen LogP contribution is 2.38. The van der Waals surface area contributed by atoms with Crippen LogP contribution in [-0.2, 0) is 20.4 Å². The molecule has 0 aliphatic carbocycles. The van der Waals surface area contributed by atoms with E-state index in [0.717, 1.165) is 30.3 Å². The molecule has 0 aliphatic rings. The number of hydrogen-bond acceptors (Lipinski definition) is 8. The molecule has 40 heavy (non-hydrogen) atoms. The highest BCUT2D eigenvalue weighted by molar-refractivity contribution is 6.40. The third-order valence-electron chi connectivity index (χ3n) is 4.75. The first-order valence-electron chi connectivity index (χ1n) is 10.7. The van der Waals surface area contributed by atoms with Crippen molar-refractivity contribution in [3.05, 3.63) is 89.9 Å². The second kappa shape index (κ2) is 13.3. The summed E-state index contributed by atoms with van der Waals surface area (Å²) < 4.78 is 59.0. The smallest absolute Gasteiger partial charge is 0.416 e. The first kappa shape index (κ1) is 31.1. The molecule has 0 amide bonds. The maximum absolute atomic E-state index is 12.8. The fourth-order valence-corrected chi connectivity index (χ4v) is 4.14. The van der Waals surface area contributed by atoms with Gasteiger partial charge in [0, 0.05) is 17.2 Å². The largest absolute Gasteiger partial charge is 0.479 e. The van der Waals surface area contributed by atoms with Gasteiger partial charge in [0.1, 0.15) is 30.3 Å². The molecule has 0 bridgehead atoms. The summed E-state index contributed by atoms with van der Waals surface area (Å²) in [6.07, 6.45) is -4.63. The van der Waals surface area contributed by atoms with Crippen molar-refractivity contribution in [3.63, 3.8) is 0 Å². The number of benzene rings is 3. The summed E-state index contributed by atoms with van der Waals surface area (Å²) in [7, 11) is 0. The van der Waals surface area contributed by atoms with E-state index >= 15 is 0 Å². The van der Waals surface area contributed by atoms with E-state index in [0.29, 0.717) is 6.07 Å². The van der Waals surface area contributed by atoms with E-state index < -0.39 is 59.7 Å². The molecule has 0 unspecified atom stereocenters. The van der Waals surface area contributed by atoms with Crippen molar-refractivity contribution in [3.8, 4) is 17.2 Å². The molecule has 16 heteroatoms. The van der Waals surface area contributed by atoms with Crippen LogP contribution in [0, 0.1) is 10.1 Å². The van der Waals surface area contributed by atoms with Crippen LogP contribution in [0.5, 0.6) is 17.2 Å². The normalized spacial score (nSPS) is 11.1. The molecule has 0 spiro atoms. The van der Waals surface area contributed by atoms with E-state index in [9.17, 15) is 32.9 Å². The Balaban J connectivity index is 1.59. The summed E-state index contributed by atoms with van der Waals surface area (Å²) >= 11 is 23.6. The van der Waals surface area contributed by atoms with Gasteiger partial charge in [0.25, 0.3) is 5.69 Å². The number of alkyl halides is 3. The van der Waals surface area contributed by atoms with Gasteiger partial charge in [-0.2, -0.15) is 13.2 Å². The second-order valence-electron chi connectivity index (χ2n) is 7.52. The number of carbonyl (C=O) groups excluding carboxylic acids is 2. The molecule has 0 aromatic heterocycles. The van der Waals surface area contributed by atoms with Crippen LogP contribution in [0.2, 0.25) is 20.1 Å². The van der Waals surface area contributed by atoms with Crippen LogP contribution in [0.3, 0.4) is 0 Å². The summed E-state index contributed by atoms with van der Waals surface area (Å²) in [4.78, 5) is 34.9. The Hall–Kier alpha value is -3.45. The molecule has 0 heterocycles. The van der Waals surface area contributed by atoms with Crippen molar-refractivity contribution >= 4 is 64.0 Å². The fourth-order valence-electron chi connectivity index (χ4n) is 3.00. The lowest BCUT2D eigenvalue weighted by Crippen LogP contribution is -2.19. The quantitative estimate of drug-likeness (QED) is 0.0952. The van der Waals surface area contributed by atoms with Gasteiger partial charge in [0.05, 0.1) is 25.6 Å². The van der Waals surface area contributed by atoms with E-state index in [1.165, 1.54) is 12.1 Å². The average Bonchev–Trinajstić information content (AvgIpc) is 2.86. The third-order valence-corrected chi connectivity index (χ3v) is 5.82. The van der Waals surface area contributed by atoms with Crippen molar-refractivity contribution in [2.45, 2.75) is 6.18 Å². The van der Waals surface area contributed by atoms with E-state index in [4.69, 9.17) is 65.4 Å². The standard InChI is InChI=1S/C24H14Cl4F3NO8/c25-13-8-17(27)22(18(28)9-13)39-11-21(33)37-5-6-38-23(34)15-10-14(2-3-19(15)32(35)36)40-20-4-1-12(7-16(20)26)24(29,30)31/h1-4,7-10H,5-6,11H2. The Kier molecular flexibility index (Phi) is 10.3. The molecule has 0 saturated carbocycles. The summed E-state index contributed by atoms with van der Waals surface area (Å²) in [6.45, 7) is -1.51. The molecule has 3 aromatic carbocycles. The van der Waals surface area contributed by atoms with E-state index in [1.54, 1.807) is 0 Å². The van der Waals surface area contributed by atoms with Crippen LogP contribution in [-0.4, -0.2) is 36.7 Å². The minimum atomic E-state index is -4.63. The van der Waals surface area contributed by atoms with Crippen molar-refractivity contribution < 1.29 is 46.6 Å². The summed E-state index contributed by atoms with van der Waals surface area (Å²) in [6, 6.07) is 8.04. The molecule has 0 saturated heterocycles. The van der Waals surface area contributed by atoms with Crippen LogP contribution in [0.15, 0.2) is 48.5 Å². The number of ether oxygens (including phenoxy) is 4. The number of nitro groups is 1. The minimum Gasteiger partial charge on any atom is -0.479 e. The van der Waals surface area contributed by atoms with E-state index in [2.05, 4.69) is 0 Å². The number of esters is 2. The molecule has 3 aromatic rings. The van der Waals surface area contributed by atoms with E-state index in [1.807, 2.05) is 0 Å². The van der Waals surface area contributed by atoms with Gasteiger partial charge in [-0.05, 0) is 36.4 Å². The molecule has 9 nitrogen and oxygen atoms in total. The molecule has 0 atom stereocenters. The van der Waals surface area contributed by atoms with Gasteiger partial charge in [0.2, 0.25) is 0 Å². The fraction of sp³-hybridized carbons (Fsp3) is 0.167. The molecule has 0 radical (unpaired) electrons. The van der Waals surface area contributed by atoms with Crippen LogP contribution >= 0.6 is 46.4 Å². The number of carbonyl (C=O) groups is 2. The SMILES string of the molecule is O=C(COc1c(Cl)cc(Cl)cc1Cl)OCCOC(=O)c1cc(Oc2ccc(C(F)(F)F)cc2Cl)ccc1[N+](=O)[O-]. The van der Waals surface area contributed by atoms with Gasteiger partial charge in [-0.1, -0.05) is 46.4 Å². The van der Waals surface area contributed by atoms with Crippen molar-refractivity contribution in [1.29, 1.82) is 0 Å². The average molecular weight is 643 g/mol. The first-order valence-corrected chi connectivity index (χ1v) is 12.2. The van der Waals surface area contributed by atoms with Gasteiger partial charge in [0.15, 0.2) is 12.4 Å². The topological polar surface area (TPSA) is 114 Å². The zero-order valence-electron chi connectivity index (χ0n) is 19.6. The Bertz CT molecular complexity index is 1430. The molecule has 0 N–H and O–H groups in total. The lowest BCUT2D eigenvalue weighted by atomic mass is 10.1. The Labute approximate surface area is 243 Å². The predicted molar refractivity (Wildman–Crippen MR) is 138 cm³/mol. The predicted octanol–water partition coefficient (Wildman–Crippen LogP) is 7.80. The number of hydrogen-bond donors (Lipinski definition) is 0. The minimum absolute atomic E-state index is 0.00287. The number of rotatable bonds is 10. The van der Waals surface area contributed by atoms with Gasteiger partial charge in [-0.25, -0.2) is 9.59 Å². The Morgan fingerprint density at radius 1 is 0.875 bits per heavy atom. The van der Waals surface area contributed by atoms with Gasteiger partial charge < -0.3 is 18.9 Å². The summed E-state index contributed by atoms with van der Waals surface area (Å²) in [5, 5.41) is 11.4. The molecular formula is C24H14Cl4F3NO8.